The minimum absolute atomic E-state index is 0. The average Bonchev–Trinajstić information content (AvgIpc) is 3.32. The minimum Gasteiger partial charge on any atom is -0.461 e. The molecular weight excluding hydrogens is 1170 g/mol. The normalized spacial score (nSPS) is 15.0. The van der Waals surface area contributed by atoms with Crippen molar-refractivity contribution in [3.05, 3.63) is 25.3 Å². The minimum atomic E-state index is -3.62. The molecular formula is C66H146Cl2F6N2O10. The molecule has 2 fully saturated rings. The molecule has 2 rings (SSSR count). The molecule has 0 heterocycles. The third kappa shape index (κ3) is 54.1. The highest BCUT2D eigenvalue weighted by molar-refractivity contribution is 6.23. The number of hydrogen-bond acceptors (Lipinski definition) is 11. The number of isocyanates is 1. The number of halogens is 8. The van der Waals surface area contributed by atoms with Crippen LogP contribution >= 0.6 is 23.2 Å². The van der Waals surface area contributed by atoms with E-state index in [2.05, 4.69) is 28.2 Å². The molecule has 1 amide bonds. The molecule has 2 saturated carbocycles. The first-order valence-corrected chi connectivity index (χ1v) is 25.7. The standard InChI is InChI=1S/C24H39ClF3NO5.C20H36ClF3O2.C6H7NO3.16CH4/c1-4-21(30)33-14-12-29-23(31)34-13-11-17(3)15-19(32-5-2)16-20(24(27,28)22(25)26)18-9-7-6-8-10-18;1-4-15(11-12-25)13-17(26-5-2)14-18(16-9-7-6-8-10-16)20(23,24)19(3,21)22;1-2-6(9)10-4-3-7-5-8;;;;;;;;;;;;;;;;/h4,17-20,22H,1,5-16H2,2-3H3,(H,29,31);15-18,25H,4-14H2,1-3H3;2H,1,3-4H2;16*1H4. The van der Waals surface area contributed by atoms with E-state index in [-0.39, 0.29) is 201 Å². The van der Waals surface area contributed by atoms with Crippen molar-refractivity contribution in [2.75, 3.05) is 52.7 Å². The summed E-state index contributed by atoms with van der Waals surface area (Å²) in [5.41, 5.74) is -2.73. The van der Waals surface area contributed by atoms with Gasteiger partial charge in [-0.25, -0.2) is 50.5 Å². The van der Waals surface area contributed by atoms with Crippen LogP contribution in [-0.4, -0.2) is 117 Å². The number of nitrogens with zero attached hydrogens (tertiary/aromatic N) is 1. The molecule has 0 saturated heterocycles. The summed E-state index contributed by atoms with van der Waals surface area (Å²) in [6.45, 7) is 16.1. The molecule has 0 bridgehead atoms. The van der Waals surface area contributed by atoms with Crippen molar-refractivity contribution in [1.82, 2.24) is 5.32 Å². The maximum absolute atomic E-state index is 14.9. The second kappa shape index (κ2) is 72.9. The van der Waals surface area contributed by atoms with Crippen LogP contribution in [0.15, 0.2) is 30.3 Å². The Labute approximate surface area is 540 Å². The van der Waals surface area contributed by atoms with E-state index < -0.39 is 58.6 Å². The Morgan fingerprint density at radius 2 is 1.06 bits per heavy atom. The van der Waals surface area contributed by atoms with Gasteiger partial charge < -0.3 is 34.1 Å². The number of aliphatic hydroxyl groups excluding tert-OH is 1. The van der Waals surface area contributed by atoms with Gasteiger partial charge in [0.15, 0.2) is 0 Å². The number of nitrogens with one attached hydrogen (secondary N) is 1. The van der Waals surface area contributed by atoms with Gasteiger partial charge in [0.25, 0.3) is 11.8 Å². The van der Waals surface area contributed by atoms with Crippen molar-refractivity contribution in [2.24, 2.45) is 40.5 Å². The number of aliphatic imine (C=N–C) groups is 1. The van der Waals surface area contributed by atoms with Gasteiger partial charge in [-0.15, -0.1) is 0 Å². The molecule has 536 valence electrons. The first kappa shape index (κ1) is 128. The van der Waals surface area contributed by atoms with Crippen LogP contribution in [0.4, 0.5) is 31.1 Å². The van der Waals surface area contributed by atoms with Gasteiger partial charge in [0.2, 0.25) is 16.8 Å². The first-order chi connectivity index (χ1) is 33.1. The predicted octanol–water partition coefficient (Wildman–Crippen LogP) is 22.6. The Bertz CT molecular complexity index is 1500. The third-order valence-corrected chi connectivity index (χ3v) is 13.3. The Morgan fingerprint density at radius 1 is 0.651 bits per heavy atom. The molecule has 2 N–H and O–H groups in total. The van der Waals surface area contributed by atoms with E-state index >= 15 is 0 Å². The first-order valence-electron chi connectivity index (χ1n) is 24.9. The average molecular weight is 1310 g/mol. The zero-order valence-corrected chi connectivity index (χ0v) is 43.5. The lowest BCUT2D eigenvalue weighted by molar-refractivity contribution is -0.163. The van der Waals surface area contributed by atoms with E-state index in [9.17, 15) is 50.6 Å². The van der Waals surface area contributed by atoms with E-state index in [1.54, 1.807) is 6.92 Å². The zero-order chi connectivity index (χ0) is 53.2. The topological polar surface area (TPSA) is 159 Å². The fourth-order valence-electron chi connectivity index (χ4n) is 9.04. The molecule has 2 aliphatic carbocycles. The van der Waals surface area contributed by atoms with Crippen LogP contribution in [0.2, 0.25) is 0 Å². The summed E-state index contributed by atoms with van der Waals surface area (Å²) in [7, 11) is 0. The van der Waals surface area contributed by atoms with Crippen LogP contribution in [0.3, 0.4) is 0 Å². The summed E-state index contributed by atoms with van der Waals surface area (Å²) < 4.78 is 113. The number of alkyl halides is 8. The van der Waals surface area contributed by atoms with Gasteiger partial charge in [0.1, 0.15) is 13.2 Å². The molecule has 8 atom stereocenters. The van der Waals surface area contributed by atoms with Gasteiger partial charge in [0, 0.05) is 43.8 Å². The van der Waals surface area contributed by atoms with Crippen LogP contribution in [0.1, 0.15) is 263 Å². The Balaban J connectivity index is -0.0000000555. The molecule has 8 unspecified atom stereocenters. The number of esters is 2. The fraction of sp³-hybridized carbons (Fsp3) is 0.879. The number of hydrogen-bond donors (Lipinski definition) is 2. The van der Waals surface area contributed by atoms with Crippen molar-refractivity contribution < 1.29 is 74.3 Å². The monoisotopic (exact) mass is 1310 g/mol. The fourth-order valence-corrected chi connectivity index (χ4v) is 9.34. The Hall–Kier alpha value is -2.89. The quantitative estimate of drug-likeness (QED) is 0.00970. The summed E-state index contributed by atoms with van der Waals surface area (Å²) in [5.74, 6) is -10.9. The summed E-state index contributed by atoms with van der Waals surface area (Å²) >= 11 is 10.8. The van der Waals surface area contributed by atoms with Crippen LogP contribution in [0.5, 0.6) is 0 Å². The summed E-state index contributed by atoms with van der Waals surface area (Å²) in [4.78, 5) is 45.6. The van der Waals surface area contributed by atoms with Crippen LogP contribution in [-0.2, 0) is 38.1 Å². The van der Waals surface area contributed by atoms with Crippen molar-refractivity contribution >= 4 is 47.3 Å². The summed E-state index contributed by atoms with van der Waals surface area (Å²) in [5, 5.41) is 8.59. The van der Waals surface area contributed by atoms with Crippen LogP contribution in [0.25, 0.3) is 0 Å². The lowest BCUT2D eigenvalue weighted by atomic mass is 9.73. The molecule has 86 heavy (non-hydrogen) atoms. The number of carbonyl (C=O) groups is 3. The number of ether oxygens (including phenoxy) is 5. The SMILES string of the molecule is C.C.C.C.C.C.C.C.C.C.C.C.C.C.C.C.C=CC(=O)OCCN=C=O.C=CC(=O)OCCNC(=O)OCCC(C)CC(CC(C1CCCCC1)C(F)(F)C(F)Cl)OCC.CCOC(CC(CC)CCO)CC(C1CCCCC1)C(F)(F)C(C)(F)Cl. The molecule has 0 radical (unpaired) electrons. The van der Waals surface area contributed by atoms with Crippen molar-refractivity contribution in [3.8, 4) is 0 Å². The van der Waals surface area contributed by atoms with E-state index in [0.717, 1.165) is 64.0 Å². The summed E-state index contributed by atoms with van der Waals surface area (Å²) in [6.07, 6.45) is 13.4. The van der Waals surface area contributed by atoms with E-state index in [1.165, 1.54) is 6.08 Å². The number of rotatable bonds is 32. The van der Waals surface area contributed by atoms with Crippen LogP contribution < -0.4 is 5.32 Å². The highest BCUT2D eigenvalue weighted by Gasteiger charge is 2.58. The van der Waals surface area contributed by atoms with E-state index in [4.69, 9.17) is 42.1 Å². The Kier molecular flexibility index (Phi) is 109. The van der Waals surface area contributed by atoms with Gasteiger partial charge >= 0.3 is 18.0 Å². The molecule has 0 aliphatic heterocycles. The summed E-state index contributed by atoms with van der Waals surface area (Å²) in [6, 6.07) is 0. The lowest BCUT2D eigenvalue weighted by Gasteiger charge is -2.40. The number of alkyl carbamates (subject to hydrolysis) is 1. The second-order valence-corrected chi connectivity index (χ2v) is 19.1. The lowest BCUT2D eigenvalue weighted by Crippen LogP contribution is -2.48. The number of carbonyl (C=O) groups excluding carboxylic acids is 4. The van der Waals surface area contributed by atoms with Gasteiger partial charge in [-0.3, -0.25) is 0 Å². The highest BCUT2D eigenvalue weighted by Crippen LogP contribution is 2.50. The van der Waals surface area contributed by atoms with E-state index in [1.807, 2.05) is 20.8 Å². The zero-order valence-electron chi connectivity index (χ0n) is 42.0. The second-order valence-electron chi connectivity index (χ2n) is 18.1. The van der Waals surface area contributed by atoms with E-state index in [0.29, 0.717) is 64.6 Å². The predicted molar refractivity (Wildman–Crippen MR) is 367 cm³/mol. The van der Waals surface area contributed by atoms with Gasteiger partial charge in [-0.1, -0.05) is 214 Å². The molecule has 0 aromatic carbocycles. The maximum atomic E-state index is 14.9. The molecule has 2 aliphatic rings. The maximum Gasteiger partial charge on any atom is 0.407 e. The molecule has 12 nitrogen and oxygen atoms in total. The Morgan fingerprint density at radius 3 is 1.43 bits per heavy atom. The smallest absolute Gasteiger partial charge is 0.407 e. The van der Waals surface area contributed by atoms with Gasteiger partial charge in [-0.05, 0) is 109 Å². The van der Waals surface area contributed by atoms with Gasteiger partial charge in [0.05, 0.1) is 31.9 Å². The molecule has 20 heteroatoms. The molecule has 0 aromatic rings. The number of amides is 1. The van der Waals surface area contributed by atoms with Gasteiger partial charge in [-0.2, -0.15) is 0 Å². The largest absolute Gasteiger partial charge is 0.461 e. The number of aliphatic hydroxyl groups is 1. The van der Waals surface area contributed by atoms with Crippen molar-refractivity contribution in [3.63, 3.8) is 0 Å². The molecule has 0 aromatic heterocycles. The highest BCUT2D eigenvalue weighted by atomic mass is 35.5. The van der Waals surface area contributed by atoms with Crippen molar-refractivity contribution in [1.29, 1.82) is 0 Å². The van der Waals surface area contributed by atoms with Crippen LogP contribution in [0, 0.1) is 35.5 Å². The third-order valence-electron chi connectivity index (χ3n) is 12.8. The molecule has 0 spiro atoms. The van der Waals surface area contributed by atoms with Crippen molar-refractivity contribution in [2.45, 2.75) is 297 Å².